The molecule has 1 aromatic heterocycles. The zero-order chi connectivity index (χ0) is 15.4. The third kappa shape index (κ3) is 3.84. The predicted octanol–water partition coefficient (Wildman–Crippen LogP) is 2.50. The summed E-state index contributed by atoms with van der Waals surface area (Å²) in [7, 11) is 1.96. The van der Waals surface area contributed by atoms with Gasteiger partial charge in [0, 0.05) is 30.4 Å². The first-order valence-corrected chi connectivity index (χ1v) is 7.94. The van der Waals surface area contributed by atoms with E-state index in [1.165, 1.54) is 11.3 Å². The van der Waals surface area contributed by atoms with Crippen molar-refractivity contribution in [2.45, 2.75) is 58.5 Å². The molecule has 5 heteroatoms. The fourth-order valence-corrected chi connectivity index (χ4v) is 3.20. The normalized spacial score (nSPS) is 23.8. The number of aryl methyl sites for hydroxylation is 1. The third-order valence-corrected chi connectivity index (χ3v) is 4.52. The number of carbonyl (C=O) groups excluding carboxylic acids is 1. The monoisotopic (exact) mass is 293 g/mol. The number of hydrogen-bond acceptors (Lipinski definition) is 4. The molecule has 21 heavy (non-hydrogen) atoms. The van der Waals surface area contributed by atoms with Gasteiger partial charge in [-0.15, -0.1) is 0 Å². The lowest BCUT2D eigenvalue weighted by molar-refractivity contribution is -0.149. The lowest BCUT2D eigenvalue weighted by Gasteiger charge is -2.30. The fourth-order valence-electron chi connectivity index (χ4n) is 3.20. The van der Waals surface area contributed by atoms with E-state index in [0.29, 0.717) is 12.6 Å². The van der Waals surface area contributed by atoms with E-state index in [0.717, 1.165) is 25.7 Å². The van der Waals surface area contributed by atoms with E-state index >= 15 is 0 Å². The standard InChI is InChI=1S/C16H27N3O2/c1-5-21-16(20)13-7-6-8-14(9-13)18-11(2)15-10-17-19(4)12(15)3/h10-11,13-14,18H,5-9H2,1-4H3. The Morgan fingerprint density at radius 1 is 1.57 bits per heavy atom. The summed E-state index contributed by atoms with van der Waals surface area (Å²) in [5.74, 6) is 0.0209. The molecular formula is C16H27N3O2. The van der Waals surface area contributed by atoms with Crippen molar-refractivity contribution >= 4 is 5.97 Å². The second kappa shape index (κ2) is 7.07. The van der Waals surface area contributed by atoms with Crippen molar-refractivity contribution < 1.29 is 9.53 Å². The predicted molar refractivity (Wildman–Crippen MR) is 81.9 cm³/mol. The second-order valence-electron chi connectivity index (χ2n) is 6.01. The Bertz CT molecular complexity index is 484. The Hall–Kier alpha value is -1.36. The SMILES string of the molecule is CCOC(=O)C1CCCC(NC(C)c2cnn(C)c2C)C1. The van der Waals surface area contributed by atoms with Gasteiger partial charge in [-0.1, -0.05) is 6.42 Å². The molecular weight excluding hydrogens is 266 g/mol. The van der Waals surface area contributed by atoms with Gasteiger partial charge in [0.05, 0.1) is 18.7 Å². The smallest absolute Gasteiger partial charge is 0.308 e. The van der Waals surface area contributed by atoms with Crippen LogP contribution in [0.4, 0.5) is 0 Å². The first kappa shape index (κ1) is 16.0. The first-order valence-electron chi connectivity index (χ1n) is 7.94. The van der Waals surface area contributed by atoms with Crippen LogP contribution >= 0.6 is 0 Å². The molecule has 0 amide bonds. The molecule has 1 aliphatic carbocycles. The van der Waals surface area contributed by atoms with Crippen molar-refractivity contribution in [1.29, 1.82) is 0 Å². The van der Waals surface area contributed by atoms with Crippen molar-refractivity contribution in [2.24, 2.45) is 13.0 Å². The zero-order valence-electron chi connectivity index (χ0n) is 13.6. The zero-order valence-corrected chi connectivity index (χ0v) is 13.6. The number of hydrogen-bond donors (Lipinski definition) is 1. The molecule has 118 valence electrons. The maximum atomic E-state index is 11.9. The topological polar surface area (TPSA) is 56.1 Å². The van der Waals surface area contributed by atoms with Crippen LogP contribution in [0, 0.1) is 12.8 Å². The van der Waals surface area contributed by atoms with E-state index in [2.05, 4.69) is 24.3 Å². The lowest BCUT2D eigenvalue weighted by atomic mass is 9.85. The van der Waals surface area contributed by atoms with Crippen molar-refractivity contribution in [3.8, 4) is 0 Å². The van der Waals surface area contributed by atoms with Crippen molar-refractivity contribution in [1.82, 2.24) is 15.1 Å². The van der Waals surface area contributed by atoms with E-state index in [9.17, 15) is 4.79 Å². The Morgan fingerprint density at radius 3 is 2.95 bits per heavy atom. The Balaban J connectivity index is 1.93. The number of carbonyl (C=O) groups is 1. The molecule has 1 fully saturated rings. The summed E-state index contributed by atoms with van der Waals surface area (Å²) >= 11 is 0. The summed E-state index contributed by atoms with van der Waals surface area (Å²) in [5, 5.41) is 7.96. The highest BCUT2D eigenvalue weighted by atomic mass is 16.5. The van der Waals surface area contributed by atoms with Crippen LogP contribution in [0.5, 0.6) is 0 Å². The number of nitrogens with zero attached hydrogens (tertiary/aromatic N) is 2. The molecule has 1 aromatic rings. The minimum absolute atomic E-state index is 0.0331. The van der Waals surface area contributed by atoms with Gasteiger partial charge in [-0.3, -0.25) is 9.48 Å². The first-order chi connectivity index (χ1) is 10.0. The summed E-state index contributed by atoms with van der Waals surface area (Å²) < 4.78 is 7.06. The van der Waals surface area contributed by atoms with Crippen LogP contribution in [0.25, 0.3) is 0 Å². The quantitative estimate of drug-likeness (QED) is 0.848. The lowest BCUT2D eigenvalue weighted by Crippen LogP contribution is -2.38. The summed E-state index contributed by atoms with van der Waals surface area (Å²) in [6.07, 6.45) is 5.97. The van der Waals surface area contributed by atoms with E-state index < -0.39 is 0 Å². The highest BCUT2D eigenvalue weighted by molar-refractivity contribution is 5.72. The summed E-state index contributed by atoms with van der Waals surface area (Å²) in [4.78, 5) is 11.9. The van der Waals surface area contributed by atoms with Crippen LogP contribution in [0.2, 0.25) is 0 Å². The summed E-state index contributed by atoms with van der Waals surface area (Å²) in [6.45, 7) is 6.59. The molecule has 3 unspecified atom stereocenters. The molecule has 1 heterocycles. The Morgan fingerprint density at radius 2 is 2.33 bits per heavy atom. The average Bonchev–Trinajstić information content (AvgIpc) is 2.79. The molecule has 0 aromatic carbocycles. The largest absolute Gasteiger partial charge is 0.466 e. The minimum atomic E-state index is -0.0331. The summed E-state index contributed by atoms with van der Waals surface area (Å²) in [6, 6.07) is 0.632. The number of aromatic nitrogens is 2. The molecule has 0 bridgehead atoms. The molecule has 1 saturated carbocycles. The maximum Gasteiger partial charge on any atom is 0.308 e. The second-order valence-corrected chi connectivity index (χ2v) is 6.01. The van der Waals surface area contributed by atoms with Crippen LogP contribution in [0.1, 0.15) is 56.8 Å². The van der Waals surface area contributed by atoms with E-state index in [1.807, 2.05) is 24.9 Å². The van der Waals surface area contributed by atoms with Gasteiger partial charge >= 0.3 is 5.97 Å². The van der Waals surface area contributed by atoms with Crippen LogP contribution < -0.4 is 5.32 Å². The van der Waals surface area contributed by atoms with Crippen molar-refractivity contribution in [3.05, 3.63) is 17.5 Å². The molecule has 0 saturated heterocycles. The van der Waals surface area contributed by atoms with Gasteiger partial charge in [-0.25, -0.2) is 0 Å². The van der Waals surface area contributed by atoms with Crippen LogP contribution in [-0.2, 0) is 16.6 Å². The molecule has 0 aliphatic heterocycles. The number of esters is 1. The number of rotatable bonds is 5. The minimum Gasteiger partial charge on any atom is -0.466 e. The maximum absolute atomic E-state index is 11.9. The van der Waals surface area contributed by atoms with Crippen molar-refractivity contribution in [3.63, 3.8) is 0 Å². The fraction of sp³-hybridized carbons (Fsp3) is 0.750. The van der Waals surface area contributed by atoms with E-state index in [1.54, 1.807) is 0 Å². The number of ether oxygens (including phenoxy) is 1. The Kier molecular flexibility index (Phi) is 5.39. The molecule has 5 nitrogen and oxygen atoms in total. The van der Waals surface area contributed by atoms with E-state index in [-0.39, 0.29) is 17.9 Å². The van der Waals surface area contributed by atoms with Gasteiger partial charge in [0.15, 0.2) is 0 Å². The molecule has 1 N–H and O–H groups in total. The molecule has 1 aliphatic rings. The molecule has 0 spiro atoms. The van der Waals surface area contributed by atoms with Crippen LogP contribution in [-0.4, -0.2) is 28.4 Å². The van der Waals surface area contributed by atoms with Gasteiger partial charge in [0.25, 0.3) is 0 Å². The third-order valence-electron chi connectivity index (χ3n) is 4.52. The van der Waals surface area contributed by atoms with Gasteiger partial charge in [-0.2, -0.15) is 5.10 Å². The van der Waals surface area contributed by atoms with Crippen molar-refractivity contribution in [2.75, 3.05) is 6.61 Å². The molecule has 0 radical (unpaired) electrons. The highest BCUT2D eigenvalue weighted by Crippen LogP contribution is 2.27. The number of nitrogens with one attached hydrogen (secondary N) is 1. The van der Waals surface area contributed by atoms with Gasteiger partial charge in [-0.05, 0) is 40.0 Å². The Labute approximate surface area is 127 Å². The highest BCUT2D eigenvalue weighted by Gasteiger charge is 2.29. The van der Waals surface area contributed by atoms with E-state index in [4.69, 9.17) is 4.74 Å². The molecule has 3 atom stereocenters. The summed E-state index contributed by atoms with van der Waals surface area (Å²) in [5.41, 5.74) is 2.42. The van der Waals surface area contributed by atoms with Gasteiger partial charge in [0.2, 0.25) is 0 Å². The van der Waals surface area contributed by atoms with Gasteiger partial charge in [0.1, 0.15) is 0 Å². The van der Waals surface area contributed by atoms with Gasteiger partial charge < -0.3 is 10.1 Å². The average molecular weight is 293 g/mol. The van der Waals surface area contributed by atoms with Crippen LogP contribution in [0.3, 0.4) is 0 Å². The van der Waals surface area contributed by atoms with Crippen LogP contribution in [0.15, 0.2) is 6.20 Å². The molecule has 2 rings (SSSR count).